The van der Waals surface area contributed by atoms with Crippen molar-refractivity contribution in [3.8, 4) is 17.2 Å². The van der Waals surface area contributed by atoms with Gasteiger partial charge in [-0.05, 0) is 56.2 Å². The van der Waals surface area contributed by atoms with E-state index in [1.807, 2.05) is 6.92 Å². The number of nitrogens with zero attached hydrogens (tertiary/aromatic N) is 1. The van der Waals surface area contributed by atoms with Crippen LogP contribution < -0.4 is 24.2 Å². The lowest BCUT2D eigenvalue weighted by molar-refractivity contribution is -0.896. The fourth-order valence-electron chi connectivity index (χ4n) is 4.64. The zero-order chi connectivity index (χ0) is 27.1. The van der Waals surface area contributed by atoms with Gasteiger partial charge in [0.05, 0.1) is 51.5 Å². The first kappa shape index (κ1) is 28.3. The van der Waals surface area contributed by atoms with Gasteiger partial charge in [-0.15, -0.1) is 0 Å². The van der Waals surface area contributed by atoms with Gasteiger partial charge in [-0.25, -0.2) is 0 Å². The van der Waals surface area contributed by atoms with Crippen molar-refractivity contribution in [2.24, 2.45) is 0 Å². The molecule has 0 aromatic heterocycles. The van der Waals surface area contributed by atoms with E-state index >= 15 is 0 Å². The average molecular weight is 531 g/mol. The predicted octanol–water partition coefficient (Wildman–Crippen LogP) is 2.29. The van der Waals surface area contributed by atoms with Crippen molar-refractivity contribution in [2.45, 2.75) is 33.2 Å². The van der Waals surface area contributed by atoms with Gasteiger partial charge in [0.15, 0.2) is 11.5 Å². The van der Waals surface area contributed by atoms with Crippen molar-refractivity contribution in [2.75, 3.05) is 47.0 Å². The lowest BCUT2D eigenvalue weighted by Gasteiger charge is -2.28. The molecule has 1 amide bonds. The van der Waals surface area contributed by atoms with Crippen molar-refractivity contribution in [1.82, 2.24) is 4.90 Å². The van der Waals surface area contributed by atoms with Crippen LogP contribution in [-0.4, -0.2) is 63.6 Å². The lowest BCUT2D eigenvalue weighted by Crippen LogP contribution is -3.11. The standard InChI is InChI=1S/C28H35ClN2O6/c1-6-30(7-2)14-9-15-31-25(18-10-13-22(35-4)23(17-18)36-5)24(27(33)28(31)34)26(32)19-11-12-21(37-8-3)20(29)16-19/h10-13,16-17,25,32H,6-9,14-15H2,1-5H3. The van der Waals surface area contributed by atoms with E-state index in [2.05, 4.69) is 13.8 Å². The molecular formula is C28H35ClN2O6. The SMILES string of the molecule is CCOc1ccc(C([O-])=C2C(=O)C(=O)N(CCC[NH+](CC)CC)C2c2ccc(OC)c(OC)c2)cc1Cl. The van der Waals surface area contributed by atoms with Gasteiger partial charge >= 0.3 is 0 Å². The molecule has 1 saturated heterocycles. The van der Waals surface area contributed by atoms with Crippen LogP contribution in [0.5, 0.6) is 17.2 Å². The van der Waals surface area contributed by atoms with Crippen LogP contribution in [-0.2, 0) is 9.59 Å². The smallest absolute Gasteiger partial charge is 0.295 e. The number of carbonyl (C=O) groups is 2. The number of carbonyl (C=O) groups excluding carboxylic acids is 2. The number of likely N-dealkylation sites (tertiary alicyclic amines) is 1. The summed E-state index contributed by atoms with van der Waals surface area (Å²) in [7, 11) is 3.04. The Morgan fingerprint density at radius 1 is 1.00 bits per heavy atom. The summed E-state index contributed by atoms with van der Waals surface area (Å²) in [4.78, 5) is 29.4. The number of ether oxygens (including phenoxy) is 3. The highest BCUT2D eigenvalue weighted by Crippen LogP contribution is 2.42. The number of halogens is 1. The quantitative estimate of drug-likeness (QED) is 0.257. The Balaban J connectivity index is 2.10. The van der Waals surface area contributed by atoms with E-state index in [0.717, 1.165) is 19.6 Å². The van der Waals surface area contributed by atoms with Crippen LogP contribution in [0.1, 0.15) is 44.4 Å². The number of amides is 1. The highest BCUT2D eigenvalue weighted by atomic mass is 35.5. The summed E-state index contributed by atoms with van der Waals surface area (Å²) >= 11 is 6.32. The Hall–Kier alpha value is -3.23. The van der Waals surface area contributed by atoms with Crippen molar-refractivity contribution >= 4 is 29.1 Å². The van der Waals surface area contributed by atoms with Gasteiger partial charge in [0.2, 0.25) is 5.78 Å². The molecule has 3 rings (SSSR count). The highest BCUT2D eigenvalue weighted by Gasteiger charge is 2.44. The Bertz CT molecular complexity index is 1160. The zero-order valence-corrected chi connectivity index (χ0v) is 22.8. The summed E-state index contributed by atoms with van der Waals surface area (Å²) in [5, 5.41) is 14.0. The maximum absolute atomic E-state index is 13.7. The molecule has 200 valence electrons. The second kappa shape index (κ2) is 12.8. The van der Waals surface area contributed by atoms with Gasteiger partial charge in [-0.2, -0.15) is 0 Å². The summed E-state index contributed by atoms with van der Waals surface area (Å²) < 4.78 is 16.3. The number of rotatable bonds is 12. The molecule has 1 heterocycles. The first-order valence-electron chi connectivity index (χ1n) is 12.6. The predicted molar refractivity (Wildman–Crippen MR) is 140 cm³/mol. The minimum atomic E-state index is -0.857. The van der Waals surface area contributed by atoms with E-state index in [4.69, 9.17) is 25.8 Å². The highest BCUT2D eigenvalue weighted by molar-refractivity contribution is 6.46. The molecule has 1 aliphatic rings. The largest absolute Gasteiger partial charge is 0.872 e. The number of quaternary nitrogens is 1. The Morgan fingerprint density at radius 3 is 2.27 bits per heavy atom. The molecule has 0 spiro atoms. The minimum absolute atomic E-state index is 0.104. The Morgan fingerprint density at radius 2 is 1.68 bits per heavy atom. The molecule has 0 radical (unpaired) electrons. The van der Waals surface area contributed by atoms with Crippen LogP contribution in [0.15, 0.2) is 42.0 Å². The molecule has 1 atom stereocenters. The average Bonchev–Trinajstić information content (AvgIpc) is 3.16. The molecule has 2 aromatic rings. The number of benzene rings is 2. The number of nitrogens with one attached hydrogen (secondary N) is 1. The van der Waals surface area contributed by atoms with Crippen LogP contribution in [0.3, 0.4) is 0 Å². The minimum Gasteiger partial charge on any atom is -0.872 e. The van der Waals surface area contributed by atoms with E-state index in [9.17, 15) is 14.7 Å². The first-order chi connectivity index (χ1) is 17.8. The van der Waals surface area contributed by atoms with Crippen molar-refractivity contribution in [3.63, 3.8) is 0 Å². The Kier molecular flexibility index (Phi) is 9.83. The van der Waals surface area contributed by atoms with Gasteiger partial charge in [0.1, 0.15) is 5.75 Å². The molecule has 2 aromatic carbocycles. The van der Waals surface area contributed by atoms with Gasteiger partial charge < -0.3 is 29.1 Å². The fourth-order valence-corrected chi connectivity index (χ4v) is 4.88. The third kappa shape index (κ3) is 6.02. The summed E-state index contributed by atoms with van der Waals surface area (Å²) in [6, 6.07) is 8.92. The molecular weight excluding hydrogens is 496 g/mol. The maximum Gasteiger partial charge on any atom is 0.295 e. The monoisotopic (exact) mass is 530 g/mol. The fraction of sp³-hybridized carbons (Fsp3) is 0.429. The second-order valence-electron chi connectivity index (χ2n) is 8.73. The van der Waals surface area contributed by atoms with E-state index in [1.165, 1.54) is 30.1 Å². The van der Waals surface area contributed by atoms with E-state index in [-0.39, 0.29) is 16.2 Å². The summed E-state index contributed by atoms with van der Waals surface area (Å²) in [5.74, 6) is -0.642. The third-order valence-corrected chi connectivity index (χ3v) is 6.97. The number of Topliss-reactive ketones (excluding diaryl/α,β-unsaturated/α-hetero) is 1. The summed E-state index contributed by atoms with van der Waals surface area (Å²) in [6.45, 7) is 9.61. The van der Waals surface area contributed by atoms with Crippen LogP contribution >= 0.6 is 11.6 Å². The number of hydrogen-bond donors (Lipinski definition) is 1. The molecule has 1 unspecified atom stereocenters. The van der Waals surface area contributed by atoms with Crippen LogP contribution in [0.4, 0.5) is 0 Å². The number of ketones is 1. The molecule has 8 nitrogen and oxygen atoms in total. The first-order valence-corrected chi connectivity index (χ1v) is 12.9. The lowest BCUT2D eigenvalue weighted by atomic mass is 9.95. The van der Waals surface area contributed by atoms with Crippen molar-refractivity contribution in [3.05, 3.63) is 58.1 Å². The molecule has 37 heavy (non-hydrogen) atoms. The molecule has 1 aliphatic heterocycles. The van der Waals surface area contributed by atoms with Crippen molar-refractivity contribution in [1.29, 1.82) is 0 Å². The third-order valence-electron chi connectivity index (χ3n) is 6.68. The maximum atomic E-state index is 13.7. The Labute approximate surface area is 223 Å². The van der Waals surface area contributed by atoms with E-state index in [0.29, 0.717) is 42.4 Å². The van der Waals surface area contributed by atoms with Gasteiger partial charge in [-0.1, -0.05) is 29.5 Å². The van der Waals surface area contributed by atoms with Crippen molar-refractivity contribution < 1.29 is 33.8 Å². The van der Waals surface area contributed by atoms with E-state index < -0.39 is 23.5 Å². The number of hydrogen-bond acceptors (Lipinski definition) is 6. The van der Waals surface area contributed by atoms with Crippen LogP contribution in [0.2, 0.25) is 5.02 Å². The van der Waals surface area contributed by atoms with Gasteiger partial charge in [0.25, 0.3) is 5.91 Å². The summed E-state index contributed by atoms with van der Waals surface area (Å²) in [6.07, 6.45) is 0.691. The molecule has 0 bridgehead atoms. The molecule has 0 saturated carbocycles. The molecule has 9 heteroatoms. The van der Waals surface area contributed by atoms with Crippen LogP contribution in [0.25, 0.3) is 5.76 Å². The topological polar surface area (TPSA) is 92.6 Å². The molecule has 1 fully saturated rings. The molecule has 0 aliphatic carbocycles. The van der Waals surface area contributed by atoms with Gasteiger partial charge in [0, 0.05) is 18.5 Å². The summed E-state index contributed by atoms with van der Waals surface area (Å²) in [5.41, 5.74) is 0.699. The second-order valence-corrected chi connectivity index (χ2v) is 9.13. The molecule has 1 N–H and O–H groups in total. The zero-order valence-electron chi connectivity index (χ0n) is 22.1. The normalized spacial score (nSPS) is 16.9. The van der Waals surface area contributed by atoms with Gasteiger partial charge in [-0.3, -0.25) is 9.59 Å². The number of methoxy groups -OCH3 is 2. The van der Waals surface area contributed by atoms with Crippen LogP contribution in [0, 0.1) is 0 Å². The van der Waals surface area contributed by atoms with E-state index in [1.54, 1.807) is 30.3 Å².